The fourth-order valence-electron chi connectivity index (χ4n) is 4.97. The third kappa shape index (κ3) is 5.78. The van der Waals surface area contributed by atoms with E-state index in [1.54, 1.807) is 0 Å². The standard InChI is InChI=1S/C32H42N2O/c1-7-24-11-9-12-25(8-2)32(24)30-17-27(19-33-28-13-10-14-28)29(23(6)34-30)20-35-31-18-26(21(3)4)16-15-22(31)5/h9,11-12,15-18,21,28,33H,7-8,10,13-14,19-20H2,1-6H3. The Morgan fingerprint density at radius 3 is 2.29 bits per heavy atom. The molecule has 1 heterocycles. The molecule has 186 valence electrons. The molecule has 1 N–H and O–H groups in total. The third-order valence-corrected chi connectivity index (χ3v) is 7.62. The summed E-state index contributed by atoms with van der Waals surface area (Å²) in [4.78, 5) is 5.16. The third-order valence-electron chi connectivity index (χ3n) is 7.62. The van der Waals surface area contributed by atoms with Gasteiger partial charge in [0.25, 0.3) is 0 Å². The molecular formula is C32H42N2O. The van der Waals surface area contributed by atoms with Crippen molar-refractivity contribution in [2.24, 2.45) is 0 Å². The Hall–Kier alpha value is -2.65. The van der Waals surface area contributed by atoms with Crippen LogP contribution in [0.25, 0.3) is 11.3 Å². The van der Waals surface area contributed by atoms with Gasteiger partial charge in [-0.05, 0) is 85.4 Å². The highest BCUT2D eigenvalue weighted by Gasteiger charge is 2.20. The molecule has 0 aliphatic heterocycles. The molecule has 35 heavy (non-hydrogen) atoms. The fraction of sp³-hybridized carbons (Fsp3) is 0.469. The minimum atomic E-state index is 0.481. The predicted octanol–water partition coefficient (Wildman–Crippen LogP) is 7.83. The number of aryl methyl sites for hydroxylation is 4. The molecule has 0 saturated heterocycles. The number of benzene rings is 2. The van der Waals surface area contributed by atoms with Crippen molar-refractivity contribution in [2.45, 2.75) is 98.8 Å². The summed E-state index contributed by atoms with van der Waals surface area (Å²) < 4.78 is 6.45. The molecule has 0 atom stereocenters. The van der Waals surface area contributed by atoms with Gasteiger partial charge in [-0.3, -0.25) is 4.98 Å². The summed E-state index contributed by atoms with van der Waals surface area (Å²) in [5, 5.41) is 3.79. The summed E-state index contributed by atoms with van der Waals surface area (Å²) in [6.45, 7) is 14.6. The Bertz CT molecular complexity index is 1140. The largest absolute Gasteiger partial charge is 0.489 e. The number of rotatable bonds is 10. The molecule has 1 aliphatic carbocycles. The van der Waals surface area contributed by atoms with E-state index in [1.165, 1.54) is 58.2 Å². The van der Waals surface area contributed by atoms with E-state index in [-0.39, 0.29) is 0 Å². The molecule has 1 saturated carbocycles. The predicted molar refractivity (Wildman–Crippen MR) is 147 cm³/mol. The van der Waals surface area contributed by atoms with Gasteiger partial charge in [-0.2, -0.15) is 0 Å². The van der Waals surface area contributed by atoms with Crippen LogP contribution in [-0.4, -0.2) is 11.0 Å². The minimum Gasteiger partial charge on any atom is -0.489 e. The van der Waals surface area contributed by atoms with E-state index in [2.05, 4.69) is 89.3 Å². The van der Waals surface area contributed by atoms with E-state index in [0.29, 0.717) is 18.6 Å². The van der Waals surface area contributed by atoms with Crippen molar-refractivity contribution < 1.29 is 4.74 Å². The van der Waals surface area contributed by atoms with Crippen molar-refractivity contribution in [1.29, 1.82) is 0 Å². The van der Waals surface area contributed by atoms with Gasteiger partial charge < -0.3 is 10.1 Å². The lowest BCUT2D eigenvalue weighted by Gasteiger charge is -2.27. The highest BCUT2D eigenvalue weighted by atomic mass is 16.5. The highest BCUT2D eigenvalue weighted by molar-refractivity contribution is 5.69. The van der Waals surface area contributed by atoms with Crippen LogP contribution in [0.2, 0.25) is 0 Å². The van der Waals surface area contributed by atoms with E-state index >= 15 is 0 Å². The second-order valence-corrected chi connectivity index (χ2v) is 10.4. The van der Waals surface area contributed by atoms with Gasteiger partial charge in [0.2, 0.25) is 0 Å². The van der Waals surface area contributed by atoms with Crippen LogP contribution in [0, 0.1) is 13.8 Å². The summed E-state index contributed by atoms with van der Waals surface area (Å²) in [6, 6.07) is 16.2. The van der Waals surface area contributed by atoms with Crippen molar-refractivity contribution in [1.82, 2.24) is 10.3 Å². The normalized spacial score (nSPS) is 13.8. The van der Waals surface area contributed by atoms with Gasteiger partial charge in [0.15, 0.2) is 0 Å². The van der Waals surface area contributed by atoms with Crippen molar-refractivity contribution in [3.63, 3.8) is 0 Å². The second kappa shape index (κ2) is 11.4. The molecule has 0 radical (unpaired) electrons. The first-order valence-electron chi connectivity index (χ1n) is 13.5. The minimum absolute atomic E-state index is 0.481. The van der Waals surface area contributed by atoms with Crippen molar-refractivity contribution in [3.05, 3.63) is 81.5 Å². The lowest BCUT2D eigenvalue weighted by Crippen LogP contribution is -2.34. The molecule has 0 unspecified atom stereocenters. The maximum Gasteiger partial charge on any atom is 0.123 e. The maximum absolute atomic E-state index is 6.45. The average molecular weight is 471 g/mol. The van der Waals surface area contributed by atoms with Crippen LogP contribution >= 0.6 is 0 Å². The van der Waals surface area contributed by atoms with Crippen LogP contribution in [0.3, 0.4) is 0 Å². The lowest BCUT2D eigenvalue weighted by molar-refractivity contribution is 0.298. The van der Waals surface area contributed by atoms with E-state index in [9.17, 15) is 0 Å². The number of nitrogens with zero attached hydrogens (tertiary/aromatic N) is 1. The van der Waals surface area contributed by atoms with Crippen LogP contribution < -0.4 is 10.1 Å². The quantitative estimate of drug-likeness (QED) is 0.328. The van der Waals surface area contributed by atoms with Gasteiger partial charge in [0.1, 0.15) is 12.4 Å². The van der Waals surface area contributed by atoms with Gasteiger partial charge in [-0.15, -0.1) is 0 Å². The number of pyridine rings is 1. The molecule has 3 aromatic rings. The molecule has 1 aliphatic rings. The molecule has 4 rings (SSSR count). The van der Waals surface area contributed by atoms with E-state index in [0.717, 1.165) is 36.5 Å². The first-order valence-corrected chi connectivity index (χ1v) is 13.5. The summed E-state index contributed by atoms with van der Waals surface area (Å²) in [6.07, 6.45) is 5.92. The molecule has 0 bridgehead atoms. The van der Waals surface area contributed by atoms with Crippen LogP contribution in [0.4, 0.5) is 0 Å². The molecule has 1 fully saturated rings. The SMILES string of the molecule is CCc1cccc(CC)c1-c1cc(CNC2CCC2)c(COc2cc(C(C)C)ccc2C)c(C)n1. The Labute approximate surface area is 212 Å². The number of hydrogen-bond donors (Lipinski definition) is 1. The second-order valence-electron chi connectivity index (χ2n) is 10.4. The summed E-state index contributed by atoms with van der Waals surface area (Å²) >= 11 is 0. The topological polar surface area (TPSA) is 34.1 Å². The van der Waals surface area contributed by atoms with Crippen LogP contribution in [0.15, 0.2) is 42.5 Å². The molecular weight excluding hydrogens is 428 g/mol. The number of aromatic nitrogens is 1. The van der Waals surface area contributed by atoms with E-state index in [1.807, 2.05) is 0 Å². The monoisotopic (exact) mass is 470 g/mol. The van der Waals surface area contributed by atoms with Gasteiger partial charge >= 0.3 is 0 Å². The van der Waals surface area contributed by atoms with Crippen molar-refractivity contribution >= 4 is 0 Å². The van der Waals surface area contributed by atoms with E-state index in [4.69, 9.17) is 9.72 Å². The summed E-state index contributed by atoms with van der Waals surface area (Å²) in [5.74, 6) is 1.46. The van der Waals surface area contributed by atoms with Gasteiger partial charge in [-0.25, -0.2) is 0 Å². The molecule has 0 spiro atoms. The van der Waals surface area contributed by atoms with Gasteiger partial charge in [0.05, 0.1) is 5.69 Å². The van der Waals surface area contributed by atoms with Gasteiger partial charge in [0, 0.05) is 29.4 Å². The number of ether oxygens (including phenoxy) is 1. The van der Waals surface area contributed by atoms with E-state index < -0.39 is 0 Å². The Morgan fingerprint density at radius 2 is 1.69 bits per heavy atom. The summed E-state index contributed by atoms with van der Waals surface area (Å²) in [5.41, 5.74) is 11.2. The first kappa shape index (κ1) is 25.4. The smallest absolute Gasteiger partial charge is 0.123 e. The number of hydrogen-bond acceptors (Lipinski definition) is 3. The van der Waals surface area contributed by atoms with Crippen LogP contribution in [0.1, 0.15) is 91.9 Å². The zero-order valence-corrected chi connectivity index (χ0v) is 22.5. The Balaban J connectivity index is 1.70. The average Bonchev–Trinajstić information content (AvgIpc) is 2.82. The summed E-state index contributed by atoms with van der Waals surface area (Å²) in [7, 11) is 0. The zero-order chi connectivity index (χ0) is 24.9. The Kier molecular flexibility index (Phi) is 8.28. The molecule has 2 aromatic carbocycles. The maximum atomic E-state index is 6.45. The molecule has 0 amide bonds. The molecule has 3 nitrogen and oxygen atoms in total. The fourth-order valence-corrected chi connectivity index (χ4v) is 4.97. The molecule has 3 heteroatoms. The number of nitrogens with one attached hydrogen (secondary N) is 1. The van der Waals surface area contributed by atoms with Crippen LogP contribution in [-0.2, 0) is 26.0 Å². The van der Waals surface area contributed by atoms with Gasteiger partial charge in [-0.1, -0.05) is 64.4 Å². The lowest BCUT2D eigenvalue weighted by atomic mass is 9.91. The van der Waals surface area contributed by atoms with Crippen molar-refractivity contribution in [3.8, 4) is 17.0 Å². The molecule has 1 aromatic heterocycles. The first-order chi connectivity index (χ1) is 16.9. The highest BCUT2D eigenvalue weighted by Crippen LogP contribution is 2.32. The Morgan fingerprint density at radius 1 is 0.971 bits per heavy atom. The van der Waals surface area contributed by atoms with Crippen LogP contribution in [0.5, 0.6) is 5.75 Å². The zero-order valence-electron chi connectivity index (χ0n) is 22.5. The van der Waals surface area contributed by atoms with Crippen molar-refractivity contribution in [2.75, 3.05) is 0 Å².